The van der Waals surface area contributed by atoms with Gasteiger partial charge >= 0.3 is 0 Å². The van der Waals surface area contributed by atoms with Gasteiger partial charge in [0.15, 0.2) is 0 Å². The molecular formula is C14H17F2N3S. The zero-order valence-electron chi connectivity index (χ0n) is 11.5. The third-order valence-corrected chi connectivity index (χ3v) is 3.56. The molecule has 0 atom stereocenters. The molecule has 0 fully saturated rings. The van der Waals surface area contributed by atoms with Crippen molar-refractivity contribution in [1.82, 2.24) is 10.3 Å². The van der Waals surface area contributed by atoms with Crippen LogP contribution in [0.1, 0.15) is 18.2 Å². The normalized spacial score (nSPS) is 10.8. The van der Waals surface area contributed by atoms with Gasteiger partial charge in [0.25, 0.3) is 0 Å². The minimum absolute atomic E-state index is 0.0155. The average Bonchev–Trinajstić information content (AvgIpc) is 2.88. The highest BCUT2D eigenvalue weighted by molar-refractivity contribution is 7.07. The molecule has 0 spiro atoms. The number of anilines is 1. The monoisotopic (exact) mass is 297 g/mol. The van der Waals surface area contributed by atoms with Crippen molar-refractivity contribution in [2.24, 2.45) is 0 Å². The summed E-state index contributed by atoms with van der Waals surface area (Å²) >= 11 is 1.46. The van der Waals surface area contributed by atoms with E-state index in [0.717, 1.165) is 12.2 Å². The first-order valence-corrected chi connectivity index (χ1v) is 7.33. The van der Waals surface area contributed by atoms with Gasteiger partial charge < -0.3 is 10.2 Å². The lowest BCUT2D eigenvalue weighted by atomic mass is 10.1. The van der Waals surface area contributed by atoms with Crippen molar-refractivity contribution in [3.05, 3.63) is 45.9 Å². The quantitative estimate of drug-likeness (QED) is 0.887. The number of benzene rings is 1. The predicted molar refractivity (Wildman–Crippen MR) is 78.0 cm³/mol. The van der Waals surface area contributed by atoms with Gasteiger partial charge in [0, 0.05) is 19.0 Å². The molecule has 0 aliphatic heterocycles. The highest BCUT2D eigenvalue weighted by atomic mass is 32.1. The van der Waals surface area contributed by atoms with Gasteiger partial charge in [0.2, 0.25) is 0 Å². The van der Waals surface area contributed by atoms with E-state index in [2.05, 4.69) is 10.3 Å². The van der Waals surface area contributed by atoms with E-state index in [1.165, 1.54) is 28.4 Å². The molecule has 1 N–H and O–H groups in total. The fourth-order valence-electron chi connectivity index (χ4n) is 1.99. The minimum Gasteiger partial charge on any atom is -0.364 e. The number of aromatic nitrogens is 1. The third kappa shape index (κ3) is 3.52. The molecule has 0 saturated heterocycles. The summed E-state index contributed by atoms with van der Waals surface area (Å²) in [6.07, 6.45) is 0. The fraction of sp³-hybridized carbons (Fsp3) is 0.357. The van der Waals surface area contributed by atoms with Gasteiger partial charge in [-0.05, 0) is 24.2 Å². The molecule has 0 aliphatic rings. The Morgan fingerprint density at radius 3 is 2.55 bits per heavy atom. The van der Waals surface area contributed by atoms with E-state index in [1.807, 2.05) is 12.3 Å². The van der Waals surface area contributed by atoms with Crippen molar-refractivity contribution in [2.45, 2.75) is 20.0 Å². The molecule has 0 unspecified atom stereocenters. The molecule has 2 aromatic rings. The molecule has 20 heavy (non-hydrogen) atoms. The molecule has 2 rings (SSSR count). The van der Waals surface area contributed by atoms with Crippen molar-refractivity contribution in [2.75, 3.05) is 18.5 Å². The molecule has 1 aromatic heterocycles. The zero-order valence-corrected chi connectivity index (χ0v) is 12.3. The Kier molecular flexibility index (Phi) is 5.03. The Balaban J connectivity index is 2.18. The van der Waals surface area contributed by atoms with Gasteiger partial charge in [-0.15, -0.1) is 11.3 Å². The maximum absolute atomic E-state index is 14.1. The molecule has 1 heterocycles. The number of hydrogen-bond acceptors (Lipinski definition) is 4. The Bertz CT molecular complexity index is 535. The molecule has 1 aromatic carbocycles. The van der Waals surface area contributed by atoms with Crippen molar-refractivity contribution < 1.29 is 8.78 Å². The van der Waals surface area contributed by atoms with Crippen molar-refractivity contribution in [1.29, 1.82) is 0 Å². The number of hydrogen-bond donors (Lipinski definition) is 1. The van der Waals surface area contributed by atoms with Crippen LogP contribution in [0.2, 0.25) is 0 Å². The van der Waals surface area contributed by atoms with Crippen LogP contribution in [0.4, 0.5) is 14.5 Å². The summed E-state index contributed by atoms with van der Waals surface area (Å²) in [5, 5.41) is 4.92. The fourth-order valence-corrected chi connectivity index (χ4v) is 2.54. The van der Waals surface area contributed by atoms with E-state index in [-0.39, 0.29) is 5.69 Å². The van der Waals surface area contributed by atoms with E-state index in [1.54, 1.807) is 12.6 Å². The number of rotatable bonds is 6. The Morgan fingerprint density at radius 2 is 2.00 bits per heavy atom. The van der Waals surface area contributed by atoms with Crippen molar-refractivity contribution in [3.8, 4) is 0 Å². The minimum atomic E-state index is -0.546. The lowest BCUT2D eigenvalue weighted by molar-refractivity contribution is 0.569. The number of halogens is 2. The molecule has 3 nitrogen and oxygen atoms in total. The third-order valence-electron chi connectivity index (χ3n) is 2.92. The van der Waals surface area contributed by atoms with Crippen LogP contribution in [-0.2, 0) is 13.1 Å². The largest absolute Gasteiger partial charge is 0.364 e. The standard InChI is InChI=1S/C14H17F2N3S/c1-3-17-6-10-4-12(15)14(13(16)5-10)19(2)7-11-8-20-9-18-11/h4-5,8-9,17H,3,6-7H2,1-2H3. The maximum Gasteiger partial charge on any atom is 0.149 e. The van der Waals surface area contributed by atoms with Gasteiger partial charge in [-0.3, -0.25) is 0 Å². The second-order valence-electron chi connectivity index (χ2n) is 4.52. The van der Waals surface area contributed by atoms with E-state index < -0.39 is 11.6 Å². The van der Waals surface area contributed by atoms with E-state index >= 15 is 0 Å². The summed E-state index contributed by atoms with van der Waals surface area (Å²) < 4.78 is 28.2. The van der Waals surface area contributed by atoms with Gasteiger partial charge in [-0.1, -0.05) is 6.92 Å². The summed E-state index contributed by atoms with van der Waals surface area (Å²) in [4.78, 5) is 5.66. The van der Waals surface area contributed by atoms with Gasteiger partial charge in [0.05, 0.1) is 17.7 Å². The molecule has 0 bridgehead atoms. The Labute approximate surface area is 121 Å². The van der Waals surface area contributed by atoms with Crippen LogP contribution in [0.15, 0.2) is 23.0 Å². The highest BCUT2D eigenvalue weighted by Gasteiger charge is 2.16. The Morgan fingerprint density at radius 1 is 1.30 bits per heavy atom. The van der Waals surface area contributed by atoms with Gasteiger partial charge in [-0.2, -0.15) is 0 Å². The van der Waals surface area contributed by atoms with Crippen LogP contribution in [0.5, 0.6) is 0 Å². The smallest absolute Gasteiger partial charge is 0.149 e. The number of nitrogens with zero attached hydrogens (tertiary/aromatic N) is 2. The van der Waals surface area contributed by atoms with E-state index in [4.69, 9.17) is 0 Å². The van der Waals surface area contributed by atoms with Gasteiger partial charge in [0.1, 0.15) is 17.3 Å². The van der Waals surface area contributed by atoms with Crippen LogP contribution < -0.4 is 10.2 Å². The second kappa shape index (κ2) is 6.76. The van der Waals surface area contributed by atoms with Crippen LogP contribution in [-0.4, -0.2) is 18.6 Å². The van der Waals surface area contributed by atoms with Crippen molar-refractivity contribution in [3.63, 3.8) is 0 Å². The average molecular weight is 297 g/mol. The SMILES string of the molecule is CCNCc1cc(F)c(N(C)Cc2cscn2)c(F)c1. The molecule has 0 saturated carbocycles. The number of nitrogens with one attached hydrogen (secondary N) is 1. The molecule has 0 aliphatic carbocycles. The van der Waals surface area contributed by atoms with Crippen LogP contribution in [0.3, 0.4) is 0 Å². The zero-order chi connectivity index (χ0) is 14.5. The first-order chi connectivity index (χ1) is 9.61. The van der Waals surface area contributed by atoms with Gasteiger partial charge in [-0.25, -0.2) is 13.8 Å². The summed E-state index contributed by atoms with van der Waals surface area (Å²) in [6, 6.07) is 2.75. The topological polar surface area (TPSA) is 28.2 Å². The number of thiazole rings is 1. The second-order valence-corrected chi connectivity index (χ2v) is 5.24. The first kappa shape index (κ1) is 14.9. The predicted octanol–water partition coefficient (Wildman–Crippen LogP) is 3.17. The summed E-state index contributed by atoms with van der Waals surface area (Å²) in [6.45, 7) is 3.54. The molecule has 0 amide bonds. The summed E-state index contributed by atoms with van der Waals surface area (Å²) in [5.74, 6) is -1.09. The molecular weight excluding hydrogens is 280 g/mol. The first-order valence-electron chi connectivity index (χ1n) is 6.38. The van der Waals surface area contributed by atoms with E-state index in [9.17, 15) is 8.78 Å². The van der Waals surface area contributed by atoms with Crippen LogP contribution in [0, 0.1) is 11.6 Å². The molecule has 6 heteroatoms. The lowest BCUT2D eigenvalue weighted by Gasteiger charge is -2.20. The lowest BCUT2D eigenvalue weighted by Crippen LogP contribution is -2.20. The highest BCUT2D eigenvalue weighted by Crippen LogP contribution is 2.25. The molecule has 0 radical (unpaired) electrons. The Hall–Kier alpha value is -1.53. The maximum atomic E-state index is 14.1. The van der Waals surface area contributed by atoms with Crippen LogP contribution in [0.25, 0.3) is 0 Å². The van der Waals surface area contributed by atoms with E-state index in [0.29, 0.717) is 18.7 Å². The van der Waals surface area contributed by atoms with Crippen molar-refractivity contribution >= 4 is 17.0 Å². The van der Waals surface area contributed by atoms with Crippen LogP contribution >= 0.6 is 11.3 Å². The summed E-state index contributed by atoms with van der Waals surface area (Å²) in [5.41, 5.74) is 3.09. The molecule has 108 valence electrons. The summed E-state index contributed by atoms with van der Waals surface area (Å²) in [7, 11) is 1.66.